The van der Waals surface area contributed by atoms with Crippen molar-refractivity contribution in [3.63, 3.8) is 0 Å². The van der Waals surface area contributed by atoms with Gasteiger partial charge in [-0.05, 0) is 57.3 Å². The third kappa shape index (κ3) is 5.99. The number of piperidine rings is 1. The smallest absolute Gasteiger partial charge is 0.303 e. The summed E-state index contributed by atoms with van der Waals surface area (Å²) in [4.78, 5) is 4.67. The maximum Gasteiger partial charge on any atom is 0.416 e. The van der Waals surface area contributed by atoms with Gasteiger partial charge in [0, 0.05) is 38.8 Å². The molecule has 1 aliphatic rings. The highest BCUT2D eigenvalue weighted by Crippen LogP contribution is 2.30. The minimum atomic E-state index is -4.29. The van der Waals surface area contributed by atoms with Gasteiger partial charge in [-0.1, -0.05) is 29.8 Å². The van der Waals surface area contributed by atoms with Crippen LogP contribution in [0.3, 0.4) is 0 Å². The van der Waals surface area contributed by atoms with E-state index in [1.165, 1.54) is 18.6 Å². The predicted molar refractivity (Wildman–Crippen MR) is 114 cm³/mol. The Labute approximate surface area is 181 Å². The van der Waals surface area contributed by atoms with Gasteiger partial charge in [-0.3, -0.25) is 4.68 Å². The maximum absolute atomic E-state index is 12.9. The summed E-state index contributed by atoms with van der Waals surface area (Å²) in [7, 11) is 3.95. The third-order valence-corrected chi connectivity index (χ3v) is 6.31. The van der Waals surface area contributed by atoms with Crippen molar-refractivity contribution in [2.75, 3.05) is 33.2 Å². The fourth-order valence-electron chi connectivity index (χ4n) is 4.32. The molecule has 1 fully saturated rings. The van der Waals surface area contributed by atoms with Crippen LogP contribution >= 0.6 is 11.6 Å². The number of alkyl halides is 3. The van der Waals surface area contributed by atoms with E-state index in [0.29, 0.717) is 17.5 Å². The van der Waals surface area contributed by atoms with E-state index in [-0.39, 0.29) is 0 Å². The molecule has 0 spiro atoms. The number of likely N-dealkylation sites (tertiary alicyclic amines) is 1. The number of hydrogen-bond donors (Lipinski definition) is 0. The van der Waals surface area contributed by atoms with Crippen molar-refractivity contribution in [2.24, 2.45) is 13.0 Å². The Morgan fingerprint density at radius 1 is 1.30 bits per heavy atom. The van der Waals surface area contributed by atoms with E-state index in [0.717, 1.165) is 62.0 Å². The zero-order valence-electron chi connectivity index (χ0n) is 17.8. The number of benzene rings is 1. The van der Waals surface area contributed by atoms with Gasteiger partial charge in [0.05, 0.1) is 11.3 Å². The van der Waals surface area contributed by atoms with Crippen LogP contribution in [0.15, 0.2) is 24.3 Å². The first-order valence-corrected chi connectivity index (χ1v) is 10.8. The standard InChI is InChI=1S/C22H30ClF3N4/c1-16-20(21(23)29(3)27-16)15-28(2)13-18-7-5-10-30(14-18)11-9-17-6-4-8-19(12-17)22(24,25)26/h4,6,8,12,18H,5,7,9-11,13-15H2,1-3H3/t18-/m0/s1. The van der Waals surface area contributed by atoms with Crippen LogP contribution in [0.2, 0.25) is 5.15 Å². The molecule has 2 heterocycles. The molecule has 1 aliphatic heterocycles. The zero-order chi connectivity index (χ0) is 21.9. The summed E-state index contributed by atoms with van der Waals surface area (Å²) in [5, 5.41) is 5.06. The summed E-state index contributed by atoms with van der Waals surface area (Å²) >= 11 is 6.36. The lowest BCUT2D eigenvalue weighted by Gasteiger charge is -2.34. The Kier molecular flexibility index (Phi) is 7.47. The first-order valence-electron chi connectivity index (χ1n) is 10.4. The molecule has 2 aromatic rings. The second-order valence-corrected chi connectivity index (χ2v) is 8.79. The highest BCUT2D eigenvalue weighted by atomic mass is 35.5. The lowest BCUT2D eigenvalue weighted by molar-refractivity contribution is -0.137. The number of hydrogen-bond acceptors (Lipinski definition) is 3. The summed E-state index contributed by atoms with van der Waals surface area (Å²) in [6, 6.07) is 5.68. The van der Waals surface area contributed by atoms with E-state index >= 15 is 0 Å². The molecule has 0 N–H and O–H groups in total. The molecule has 30 heavy (non-hydrogen) atoms. The molecule has 0 saturated carbocycles. The average molecular weight is 443 g/mol. The second kappa shape index (κ2) is 9.71. The summed E-state index contributed by atoms with van der Waals surface area (Å²) in [5.74, 6) is 0.543. The minimum absolute atomic E-state index is 0.543. The van der Waals surface area contributed by atoms with E-state index < -0.39 is 11.7 Å². The molecule has 1 saturated heterocycles. The number of aromatic nitrogens is 2. The molecular weight excluding hydrogens is 413 g/mol. The highest BCUT2D eigenvalue weighted by Gasteiger charge is 2.30. The molecule has 0 unspecified atom stereocenters. The molecule has 8 heteroatoms. The zero-order valence-corrected chi connectivity index (χ0v) is 18.6. The summed E-state index contributed by atoms with van der Waals surface area (Å²) in [6.45, 7) is 6.47. The van der Waals surface area contributed by atoms with E-state index in [9.17, 15) is 13.2 Å². The quantitative estimate of drug-likeness (QED) is 0.616. The van der Waals surface area contributed by atoms with Crippen LogP contribution < -0.4 is 0 Å². The molecular formula is C22H30ClF3N4. The van der Waals surface area contributed by atoms with Crippen LogP contribution in [0, 0.1) is 12.8 Å². The first-order chi connectivity index (χ1) is 14.1. The Balaban J connectivity index is 1.50. The van der Waals surface area contributed by atoms with Gasteiger partial charge in [0.15, 0.2) is 0 Å². The van der Waals surface area contributed by atoms with Crippen LogP contribution in [0.25, 0.3) is 0 Å². The molecule has 0 amide bonds. The molecule has 4 nitrogen and oxygen atoms in total. The van der Waals surface area contributed by atoms with Crippen molar-refractivity contribution < 1.29 is 13.2 Å². The maximum atomic E-state index is 12.9. The van der Waals surface area contributed by atoms with Crippen molar-refractivity contribution >= 4 is 11.6 Å². The topological polar surface area (TPSA) is 24.3 Å². The molecule has 0 radical (unpaired) electrons. The van der Waals surface area contributed by atoms with Gasteiger partial charge in [-0.25, -0.2) is 0 Å². The van der Waals surface area contributed by atoms with Gasteiger partial charge in [0.1, 0.15) is 5.15 Å². The predicted octanol–water partition coefficient (Wildman–Crippen LogP) is 4.79. The fraction of sp³-hybridized carbons (Fsp3) is 0.591. The molecule has 1 aromatic carbocycles. The molecule has 166 valence electrons. The highest BCUT2D eigenvalue weighted by molar-refractivity contribution is 6.30. The number of aryl methyl sites for hydroxylation is 2. The van der Waals surface area contributed by atoms with Crippen molar-refractivity contribution in [1.29, 1.82) is 0 Å². The van der Waals surface area contributed by atoms with E-state index in [2.05, 4.69) is 21.9 Å². The van der Waals surface area contributed by atoms with Gasteiger partial charge < -0.3 is 9.80 Å². The van der Waals surface area contributed by atoms with Gasteiger partial charge >= 0.3 is 6.18 Å². The Morgan fingerprint density at radius 3 is 2.73 bits per heavy atom. The van der Waals surface area contributed by atoms with Crippen molar-refractivity contribution in [1.82, 2.24) is 19.6 Å². The molecule has 0 bridgehead atoms. The molecule has 0 aliphatic carbocycles. The lowest BCUT2D eigenvalue weighted by Crippen LogP contribution is -2.40. The third-order valence-electron chi connectivity index (χ3n) is 5.84. The van der Waals surface area contributed by atoms with Crippen molar-refractivity contribution in [2.45, 2.75) is 38.9 Å². The van der Waals surface area contributed by atoms with Gasteiger partial charge in [-0.15, -0.1) is 0 Å². The SMILES string of the molecule is Cc1nn(C)c(Cl)c1CN(C)C[C@@H]1CCCN(CCc2cccc(C(F)(F)F)c2)C1. The normalized spacial score (nSPS) is 18.3. The van der Waals surface area contributed by atoms with Crippen LogP contribution in [0.5, 0.6) is 0 Å². The monoisotopic (exact) mass is 442 g/mol. The number of rotatable bonds is 7. The molecule has 3 rings (SSSR count). The largest absolute Gasteiger partial charge is 0.416 e. The molecule has 1 aromatic heterocycles. The second-order valence-electron chi connectivity index (χ2n) is 8.43. The van der Waals surface area contributed by atoms with Crippen LogP contribution in [-0.4, -0.2) is 52.8 Å². The Bertz CT molecular complexity index is 849. The van der Waals surface area contributed by atoms with E-state index in [1.54, 1.807) is 10.7 Å². The van der Waals surface area contributed by atoms with Crippen molar-refractivity contribution in [3.05, 3.63) is 51.8 Å². The summed E-state index contributed by atoms with van der Waals surface area (Å²) in [5.41, 5.74) is 2.20. The first kappa shape index (κ1) is 23.1. The van der Waals surface area contributed by atoms with Crippen molar-refractivity contribution in [3.8, 4) is 0 Å². The van der Waals surface area contributed by atoms with Gasteiger partial charge in [0.25, 0.3) is 0 Å². The number of nitrogens with zero attached hydrogens (tertiary/aromatic N) is 4. The van der Waals surface area contributed by atoms with E-state index in [4.69, 9.17) is 11.6 Å². The summed E-state index contributed by atoms with van der Waals surface area (Å²) in [6.07, 6.45) is -1.36. The van der Waals surface area contributed by atoms with E-state index in [1.807, 2.05) is 14.0 Å². The van der Waals surface area contributed by atoms with Crippen LogP contribution in [-0.2, 0) is 26.2 Å². The minimum Gasteiger partial charge on any atom is -0.303 e. The number of halogens is 4. The lowest BCUT2D eigenvalue weighted by atomic mass is 9.96. The average Bonchev–Trinajstić information content (AvgIpc) is 2.92. The van der Waals surface area contributed by atoms with Gasteiger partial charge in [0.2, 0.25) is 0 Å². The Hall–Kier alpha value is -1.57. The van der Waals surface area contributed by atoms with Crippen LogP contribution in [0.1, 0.15) is 35.2 Å². The Morgan fingerprint density at radius 2 is 2.07 bits per heavy atom. The summed E-state index contributed by atoms with van der Waals surface area (Å²) < 4.78 is 40.4. The fourth-order valence-corrected chi connectivity index (χ4v) is 4.56. The van der Waals surface area contributed by atoms with Crippen LogP contribution in [0.4, 0.5) is 13.2 Å². The molecule has 1 atom stereocenters. The van der Waals surface area contributed by atoms with Gasteiger partial charge in [-0.2, -0.15) is 18.3 Å².